The second-order valence-electron chi connectivity index (χ2n) is 6.11. The Bertz CT molecular complexity index is 885. The fourth-order valence-electron chi connectivity index (χ4n) is 2.57. The van der Waals surface area contributed by atoms with Crippen molar-refractivity contribution in [2.24, 2.45) is 0 Å². The van der Waals surface area contributed by atoms with Crippen LogP contribution in [0.25, 0.3) is 5.69 Å². The number of hydrogen-bond acceptors (Lipinski definition) is 3. The minimum atomic E-state index is -4.49. The number of amides is 1. The smallest absolute Gasteiger partial charge is 0.337 e. The van der Waals surface area contributed by atoms with Crippen molar-refractivity contribution in [3.63, 3.8) is 0 Å². The van der Waals surface area contributed by atoms with Crippen molar-refractivity contribution >= 4 is 5.91 Å². The third-order valence-corrected chi connectivity index (χ3v) is 4.14. The summed E-state index contributed by atoms with van der Waals surface area (Å²) in [4.78, 5) is 26.0. The molecule has 0 radical (unpaired) electrons. The predicted octanol–water partition coefficient (Wildman–Crippen LogP) is 2.79. The molecule has 132 valence electrons. The van der Waals surface area contributed by atoms with Crippen LogP contribution >= 0.6 is 0 Å². The maximum Gasteiger partial charge on any atom is 0.416 e. The molecule has 3 rings (SSSR count). The molecule has 1 heterocycles. The second kappa shape index (κ2) is 6.02. The van der Waals surface area contributed by atoms with Crippen molar-refractivity contribution in [1.29, 1.82) is 0 Å². The topological polar surface area (TPSA) is 55.2 Å². The van der Waals surface area contributed by atoms with Crippen LogP contribution in [0.3, 0.4) is 0 Å². The molecule has 1 fully saturated rings. The first kappa shape index (κ1) is 17.2. The lowest BCUT2D eigenvalue weighted by atomic mass is 10.2. The maximum absolute atomic E-state index is 12.9. The number of hydrogen-bond donors (Lipinski definition) is 0. The molecular formula is C17H16F3N3O2. The van der Waals surface area contributed by atoms with Gasteiger partial charge < -0.3 is 4.90 Å². The van der Waals surface area contributed by atoms with E-state index >= 15 is 0 Å². The highest BCUT2D eigenvalue weighted by Gasteiger charge is 2.33. The van der Waals surface area contributed by atoms with E-state index in [1.807, 2.05) is 0 Å². The molecule has 0 atom stereocenters. The minimum absolute atomic E-state index is 0.0945. The molecule has 5 nitrogen and oxygen atoms in total. The number of rotatable bonds is 3. The van der Waals surface area contributed by atoms with E-state index in [1.165, 1.54) is 27.8 Å². The Kier molecular flexibility index (Phi) is 4.14. The largest absolute Gasteiger partial charge is 0.416 e. The molecule has 1 aromatic carbocycles. The van der Waals surface area contributed by atoms with Crippen LogP contribution in [0.2, 0.25) is 0 Å². The lowest BCUT2D eigenvalue weighted by molar-refractivity contribution is -0.137. The maximum atomic E-state index is 12.9. The van der Waals surface area contributed by atoms with E-state index in [4.69, 9.17) is 0 Å². The summed E-state index contributed by atoms with van der Waals surface area (Å²) in [6.45, 7) is 1.55. The van der Waals surface area contributed by atoms with Gasteiger partial charge >= 0.3 is 6.18 Å². The molecule has 25 heavy (non-hydrogen) atoms. The summed E-state index contributed by atoms with van der Waals surface area (Å²) in [6, 6.07) is 5.89. The molecule has 1 amide bonds. The quantitative estimate of drug-likeness (QED) is 0.854. The molecule has 1 aliphatic carbocycles. The van der Waals surface area contributed by atoms with Crippen LogP contribution in [0.4, 0.5) is 13.2 Å². The molecule has 1 aliphatic rings. The summed E-state index contributed by atoms with van der Waals surface area (Å²) in [6.07, 6.45) is -2.75. The number of halogens is 3. The Labute approximate surface area is 141 Å². The predicted molar refractivity (Wildman–Crippen MR) is 84.7 cm³/mol. The van der Waals surface area contributed by atoms with Crippen LogP contribution < -0.4 is 5.43 Å². The summed E-state index contributed by atoms with van der Waals surface area (Å²) in [5.74, 6) is -0.520. The van der Waals surface area contributed by atoms with Gasteiger partial charge in [-0.1, -0.05) is 6.07 Å². The van der Waals surface area contributed by atoms with E-state index in [-0.39, 0.29) is 17.4 Å². The van der Waals surface area contributed by atoms with Gasteiger partial charge in [-0.15, -0.1) is 0 Å². The lowest BCUT2D eigenvalue weighted by Crippen LogP contribution is -2.35. The number of aryl methyl sites for hydroxylation is 1. The molecule has 2 aromatic rings. The highest BCUT2D eigenvalue weighted by Crippen LogP contribution is 2.30. The zero-order valence-corrected chi connectivity index (χ0v) is 13.7. The van der Waals surface area contributed by atoms with Crippen LogP contribution in [0.15, 0.2) is 35.1 Å². The van der Waals surface area contributed by atoms with Gasteiger partial charge in [0.2, 0.25) is 5.43 Å². The van der Waals surface area contributed by atoms with Crippen LogP contribution in [0.5, 0.6) is 0 Å². The standard InChI is InChI=1S/C17H16F3N3O2/c1-10-8-14(24)15(16(25)22(2)12-6-7-12)21-23(10)13-5-3-4-11(9-13)17(18,19)20/h3-5,8-9,12H,6-7H2,1-2H3. The summed E-state index contributed by atoms with van der Waals surface area (Å²) >= 11 is 0. The van der Waals surface area contributed by atoms with Gasteiger partial charge in [-0.05, 0) is 38.0 Å². The highest BCUT2D eigenvalue weighted by molar-refractivity contribution is 5.92. The molecule has 1 aromatic heterocycles. The van der Waals surface area contributed by atoms with E-state index in [1.54, 1.807) is 14.0 Å². The van der Waals surface area contributed by atoms with Crippen LogP contribution in [-0.4, -0.2) is 33.7 Å². The summed E-state index contributed by atoms with van der Waals surface area (Å²) in [5.41, 5.74) is -1.19. The van der Waals surface area contributed by atoms with Crippen LogP contribution in [0, 0.1) is 6.92 Å². The number of carbonyl (C=O) groups excluding carboxylic acids is 1. The lowest BCUT2D eigenvalue weighted by Gasteiger charge is -2.17. The van der Waals surface area contributed by atoms with Crippen LogP contribution in [-0.2, 0) is 6.18 Å². The van der Waals surface area contributed by atoms with Crippen molar-refractivity contribution in [2.45, 2.75) is 32.0 Å². The third-order valence-electron chi connectivity index (χ3n) is 4.14. The zero-order valence-electron chi connectivity index (χ0n) is 13.7. The number of benzene rings is 1. The Morgan fingerprint density at radius 3 is 2.56 bits per heavy atom. The monoisotopic (exact) mass is 351 g/mol. The van der Waals surface area contributed by atoms with Crippen molar-refractivity contribution < 1.29 is 18.0 Å². The molecule has 0 spiro atoms. The fourth-order valence-corrected chi connectivity index (χ4v) is 2.57. The molecular weight excluding hydrogens is 335 g/mol. The Morgan fingerprint density at radius 1 is 1.28 bits per heavy atom. The van der Waals surface area contributed by atoms with E-state index in [9.17, 15) is 22.8 Å². The van der Waals surface area contributed by atoms with Crippen molar-refractivity contribution in [1.82, 2.24) is 14.7 Å². The summed E-state index contributed by atoms with van der Waals surface area (Å²) < 4.78 is 39.9. The van der Waals surface area contributed by atoms with Gasteiger partial charge in [0.05, 0.1) is 11.3 Å². The molecule has 1 saturated carbocycles. The Balaban J connectivity index is 2.07. The molecule has 8 heteroatoms. The van der Waals surface area contributed by atoms with Gasteiger partial charge in [0.15, 0.2) is 5.69 Å². The fraction of sp³-hybridized carbons (Fsp3) is 0.353. The third kappa shape index (κ3) is 3.42. The van der Waals surface area contributed by atoms with Crippen LogP contribution in [0.1, 0.15) is 34.6 Å². The van der Waals surface area contributed by atoms with E-state index in [0.717, 1.165) is 25.0 Å². The Hall–Kier alpha value is -2.64. The Morgan fingerprint density at radius 2 is 1.96 bits per heavy atom. The molecule has 0 unspecified atom stereocenters. The highest BCUT2D eigenvalue weighted by atomic mass is 19.4. The zero-order chi connectivity index (χ0) is 18.4. The number of carbonyl (C=O) groups is 1. The number of aromatic nitrogens is 2. The SMILES string of the molecule is Cc1cc(=O)c(C(=O)N(C)C2CC2)nn1-c1cccc(C(F)(F)F)c1. The first-order valence-electron chi connectivity index (χ1n) is 7.74. The van der Waals surface area contributed by atoms with E-state index in [2.05, 4.69) is 5.10 Å². The second-order valence-corrected chi connectivity index (χ2v) is 6.11. The first-order chi connectivity index (χ1) is 11.7. The number of nitrogens with zero attached hydrogens (tertiary/aromatic N) is 3. The van der Waals surface area contributed by atoms with Crippen molar-refractivity contribution in [3.8, 4) is 5.69 Å². The first-order valence-corrected chi connectivity index (χ1v) is 7.74. The molecule has 0 N–H and O–H groups in total. The van der Waals surface area contributed by atoms with Crippen molar-refractivity contribution in [2.75, 3.05) is 7.05 Å². The average molecular weight is 351 g/mol. The minimum Gasteiger partial charge on any atom is -0.337 e. The van der Waals surface area contributed by atoms with Gasteiger partial charge in [0.25, 0.3) is 5.91 Å². The summed E-state index contributed by atoms with van der Waals surface area (Å²) in [7, 11) is 1.59. The average Bonchev–Trinajstić information content (AvgIpc) is 3.38. The van der Waals surface area contributed by atoms with E-state index in [0.29, 0.717) is 5.69 Å². The summed E-state index contributed by atoms with van der Waals surface area (Å²) in [5, 5.41) is 4.04. The number of alkyl halides is 3. The van der Waals surface area contributed by atoms with Gasteiger partial charge in [-0.2, -0.15) is 18.3 Å². The van der Waals surface area contributed by atoms with E-state index < -0.39 is 23.1 Å². The van der Waals surface area contributed by atoms with Crippen molar-refractivity contribution in [3.05, 3.63) is 57.5 Å². The molecule has 0 saturated heterocycles. The van der Waals surface area contributed by atoms with Gasteiger partial charge in [-0.25, -0.2) is 4.68 Å². The van der Waals surface area contributed by atoms with Gasteiger partial charge in [0.1, 0.15) is 0 Å². The molecule has 0 aliphatic heterocycles. The molecule has 0 bridgehead atoms. The normalized spacial score (nSPS) is 14.4. The van der Waals surface area contributed by atoms with Gasteiger partial charge in [-0.3, -0.25) is 9.59 Å². The van der Waals surface area contributed by atoms with Gasteiger partial charge in [0, 0.05) is 24.8 Å².